The molecule has 6 heteroatoms. The van der Waals surface area contributed by atoms with Gasteiger partial charge in [0.25, 0.3) is 5.56 Å². The van der Waals surface area contributed by atoms with Gasteiger partial charge in [0.1, 0.15) is 5.75 Å². The molecule has 0 radical (unpaired) electrons. The van der Waals surface area contributed by atoms with Gasteiger partial charge in [-0.15, -0.1) is 0 Å². The summed E-state index contributed by atoms with van der Waals surface area (Å²) < 4.78 is 1.75. The van der Waals surface area contributed by atoms with Crippen LogP contribution in [0.4, 0.5) is 0 Å². The first kappa shape index (κ1) is 21.6. The molecule has 1 saturated heterocycles. The first-order valence-corrected chi connectivity index (χ1v) is 11.0. The Balaban J connectivity index is 1.83. The van der Waals surface area contributed by atoms with Gasteiger partial charge in [0.2, 0.25) is 0 Å². The maximum absolute atomic E-state index is 13.7. The third-order valence-corrected chi connectivity index (χ3v) is 6.32. The SMILES string of the molecule is Cc1cc(O)c(C(c2ccc(Cl)cc2)N2CCN(C)CC2)c(=O)n1Cc1ccccc1. The molecule has 4 rings (SSSR count). The van der Waals surface area contributed by atoms with Gasteiger partial charge in [-0.05, 0) is 43.3 Å². The minimum atomic E-state index is -0.332. The highest BCUT2D eigenvalue weighted by Crippen LogP contribution is 2.33. The molecule has 5 nitrogen and oxygen atoms in total. The quantitative estimate of drug-likeness (QED) is 0.657. The molecule has 2 aromatic carbocycles. The van der Waals surface area contributed by atoms with Gasteiger partial charge in [0.15, 0.2) is 0 Å². The van der Waals surface area contributed by atoms with Crippen LogP contribution >= 0.6 is 11.6 Å². The lowest BCUT2D eigenvalue weighted by atomic mass is 9.96. The van der Waals surface area contributed by atoms with E-state index in [1.165, 1.54) is 0 Å². The van der Waals surface area contributed by atoms with Crippen molar-refractivity contribution < 1.29 is 5.11 Å². The van der Waals surface area contributed by atoms with Gasteiger partial charge in [-0.2, -0.15) is 0 Å². The van der Waals surface area contributed by atoms with Gasteiger partial charge in [-0.1, -0.05) is 54.1 Å². The van der Waals surface area contributed by atoms with Crippen LogP contribution in [-0.2, 0) is 6.54 Å². The van der Waals surface area contributed by atoms with Crippen molar-refractivity contribution in [3.05, 3.63) is 98.4 Å². The molecule has 1 atom stereocenters. The van der Waals surface area contributed by atoms with Crippen molar-refractivity contribution in [2.75, 3.05) is 33.2 Å². The van der Waals surface area contributed by atoms with Crippen molar-refractivity contribution in [2.24, 2.45) is 0 Å². The number of hydrogen-bond donors (Lipinski definition) is 1. The number of aryl methyl sites for hydroxylation is 1. The summed E-state index contributed by atoms with van der Waals surface area (Å²) >= 11 is 6.13. The Morgan fingerprint density at radius 2 is 1.65 bits per heavy atom. The van der Waals surface area contributed by atoms with Gasteiger partial charge in [0.05, 0.1) is 18.2 Å². The summed E-state index contributed by atoms with van der Waals surface area (Å²) in [4.78, 5) is 18.3. The molecule has 1 N–H and O–H groups in total. The van der Waals surface area contributed by atoms with Crippen LogP contribution < -0.4 is 5.56 Å². The fourth-order valence-electron chi connectivity index (χ4n) is 4.27. The Morgan fingerprint density at radius 3 is 2.29 bits per heavy atom. The van der Waals surface area contributed by atoms with E-state index < -0.39 is 0 Å². The lowest BCUT2D eigenvalue weighted by molar-refractivity contribution is 0.125. The molecule has 1 aliphatic rings. The second kappa shape index (κ2) is 9.27. The minimum absolute atomic E-state index is 0.0469. The highest BCUT2D eigenvalue weighted by atomic mass is 35.5. The van der Waals surface area contributed by atoms with Crippen LogP contribution in [0.1, 0.15) is 28.4 Å². The molecule has 2 heterocycles. The first-order valence-electron chi connectivity index (χ1n) is 10.6. The summed E-state index contributed by atoms with van der Waals surface area (Å²) in [6, 6.07) is 18.9. The van der Waals surface area contributed by atoms with Crippen LogP contribution in [0.5, 0.6) is 5.75 Å². The van der Waals surface area contributed by atoms with Gasteiger partial charge in [-0.25, -0.2) is 0 Å². The van der Waals surface area contributed by atoms with Crippen LogP contribution in [0.15, 0.2) is 65.5 Å². The third kappa shape index (κ3) is 4.69. The van der Waals surface area contributed by atoms with Crippen LogP contribution in [0.2, 0.25) is 5.02 Å². The molecule has 1 fully saturated rings. The molecule has 0 bridgehead atoms. The van der Waals surface area contributed by atoms with E-state index in [9.17, 15) is 9.90 Å². The topological polar surface area (TPSA) is 48.7 Å². The number of aromatic hydroxyl groups is 1. The number of piperazine rings is 1. The van der Waals surface area contributed by atoms with E-state index in [-0.39, 0.29) is 17.4 Å². The van der Waals surface area contributed by atoms with E-state index in [1.807, 2.05) is 61.5 Å². The Morgan fingerprint density at radius 1 is 1.00 bits per heavy atom. The van der Waals surface area contributed by atoms with Crippen molar-refractivity contribution in [3.8, 4) is 5.75 Å². The number of likely N-dealkylation sites (N-methyl/N-ethyl adjacent to an activating group) is 1. The second-order valence-corrected chi connectivity index (χ2v) is 8.69. The molecule has 1 unspecified atom stereocenters. The Hall–Kier alpha value is -2.60. The predicted molar refractivity (Wildman–Crippen MR) is 125 cm³/mol. The van der Waals surface area contributed by atoms with Crippen molar-refractivity contribution in [1.82, 2.24) is 14.4 Å². The van der Waals surface area contributed by atoms with Crippen molar-refractivity contribution in [3.63, 3.8) is 0 Å². The zero-order valence-corrected chi connectivity index (χ0v) is 18.7. The standard InChI is InChI=1S/C25H28ClN3O2/c1-18-16-22(30)23(25(31)29(18)17-19-6-4-3-5-7-19)24(20-8-10-21(26)11-9-20)28-14-12-27(2)13-15-28/h3-11,16,24,30H,12-15,17H2,1-2H3. The fourth-order valence-corrected chi connectivity index (χ4v) is 4.40. The Kier molecular flexibility index (Phi) is 6.46. The summed E-state index contributed by atoms with van der Waals surface area (Å²) in [6.07, 6.45) is 0. The van der Waals surface area contributed by atoms with Gasteiger partial charge in [0, 0.05) is 36.9 Å². The zero-order valence-electron chi connectivity index (χ0n) is 18.0. The highest BCUT2D eigenvalue weighted by Gasteiger charge is 2.30. The lowest BCUT2D eigenvalue weighted by Crippen LogP contribution is -2.47. The van der Waals surface area contributed by atoms with E-state index in [1.54, 1.807) is 10.6 Å². The molecular formula is C25H28ClN3O2. The van der Waals surface area contributed by atoms with Crippen LogP contribution in [0, 0.1) is 6.92 Å². The lowest BCUT2D eigenvalue weighted by Gasteiger charge is -2.38. The molecule has 1 aliphatic heterocycles. The summed E-state index contributed by atoms with van der Waals surface area (Å²) in [5, 5.41) is 11.6. The molecule has 0 saturated carbocycles. The van der Waals surface area contributed by atoms with Crippen molar-refractivity contribution in [1.29, 1.82) is 0 Å². The van der Waals surface area contributed by atoms with Crippen molar-refractivity contribution >= 4 is 11.6 Å². The Labute approximate surface area is 188 Å². The average Bonchev–Trinajstić information content (AvgIpc) is 2.76. The first-order chi connectivity index (χ1) is 14.9. The minimum Gasteiger partial charge on any atom is -0.507 e. The number of halogens is 1. The molecular weight excluding hydrogens is 410 g/mol. The maximum atomic E-state index is 13.7. The van der Waals surface area contributed by atoms with E-state index in [0.717, 1.165) is 43.0 Å². The maximum Gasteiger partial charge on any atom is 0.259 e. The zero-order chi connectivity index (χ0) is 22.0. The predicted octanol–water partition coefficient (Wildman–Crippen LogP) is 3.90. The number of aromatic nitrogens is 1. The number of benzene rings is 2. The molecule has 0 amide bonds. The van der Waals surface area contributed by atoms with Crippen LogP contribution in [0.3, 0.4) is 0 Å². The summed E-state index contributed by atoms with van der Waals surface area (Å²) in [7, 11) is 2.10. The number of rotatable bonds is 5. The van der Waals surface area contributed by atoms with E-state index in [2.05, 4.69) is 16.8 Å². The van der Waals surface area contributed by atoms with Gasteiger partial charge in [-0.3, -0.25) is 9.69 Å². The van der Waals surface area contributed by atoms with Crippen molar-refractivity contribution in [2.45, 2.75) is 19.5 Å². The molecule has 0 spiro atoms. The molecule has 0 aliphatic carbocycles. The van der Waals surface area contributed by atoms with E-state index >= 15 is 0 Å². The molecule has 31 heavy (non-hydrogen) atoms. The Bertz CT molecular complexity index is 1090. The summed E-state index contributed by atoms with van der Waals surface area (Å²) in [6.45, 7) is 5.78. The van der Waals surface area contributed by atoms with Gasteiger partial charge >= 0.3 is 0 Å². The van der Waals surface area contributed by atoms with Gasteiger partial charge < -0.3 is 14.6 Å². The molecule has 1 aromatic heterocycles. The summed E-state index contributed by atoms with van der Waals surface area (Å²) in [5.74, 6) is 0.0469. The fraction of sp³-hybridized carbons (Fsp3) is 0.320. The third-order valence-electron chi connectivity index (χ3n) is 6.07. The largest absolute Gasteiger partial charge is 0.507 e. The summed E-state index contributed by atoms with van der Waals surface area (Å²) in [5.41, 5.74) is 3.01. The number of nitrogens with zero attached hydrogens (tertiary/aromatic N) is 3. The molecule has 162 valence electrons. The highest BCUT2D eigenvalue weighted by molar-refractivity contribution is 6.30. The van der Waals surface area contributed by atoms with Crippen LogP contribution in [-0.4, -0.2) is 52.7 Å². The number of hydrogen-bond acceptors (Lipinski definition) is 4. The average molecular weight is 438 g/mol. The molecule has 3 aromatic rings. The smallest absolute Gasteiger partial charge is 0.259 e. The van der Waals surface area contributed by atoms with E-state index in [4.69, 9.17) is 11.6 Å². The monoisotopic (exact) mass is 437 g/mol. The number of pyridine rings is 1. The van der Waals surface area contributed by atoms with E-state index in [0.29, 0.717) is 17.1 Å². The normalized spacial score (nSPS) is 16.4. The van der Waals surface area contributed by atoms with Crippen LogP contribution in [0.25, 0.3) is 0 Å². The second-order valence-electron chi connectivity index (χ2n) is 8.25.